The number of alkyl halides is 3. The number of aliphatic hydroxyl groups excluding tert-OH is 1. The molecule has 0 bridgehead atoms. The maximum absolute atomic E-state index is 12.1. The van der Waals surface area contributed by atoms with Crippen LogP contribution >= 0.6 is 0 Å². The van der Waals surface area contributed by atoms with E-state index in [1.165, 1.54) is 0 Å². The van der Waals surface area contributed by atoms with E-state index in [0.29, 0.717) is 0 Å². The van der Waals surface area contributed by atoms with Crippen LogP contribution in [0, 0.1) is 0 Å². The number of halogens is 3. The summed E-state index contributed by atoms with van der Waals surface area (Å²) in [7, 11) is 1.04. The number of ether oxygens (including phenoxy) is 1. The van der Waals surface area contributed by atoms with Crippen LogP contribution in [0.25, 0.3) is 0 Å². The van der Waals surface area contributed by atoms with Crippen LogP contribution in [0.1, 0.15) is 17.5 Å². The summed E-state index contributed by atoms with van der Waals surface area (Å²) in [4.78, 5) is 16.8. The molecule has 16 heavy (non-hydrogen) atoms. The van der Waals surface area contributed by atoms with Gasteiger partial charge in [0.2, 0.25) is 5.82 Å². The number of nitrogens with zero attached hydrogens (tertiary/aromatic N) is 2. The monoisotopic (exact) mass is 236 g/mol. The molecule has 1 aromatic heterocycles. The highest BCUT2D eigenvalue weighted by Crippen LogP contribution is 2.26. The summed E-state index contributed by atoms with van der Waals surface area (Å²) >= 11 is 0. The Morgan fingerprint density at radius 1 is 1.44 bits per heavy atom. The van der Waals surface area contributed by atoms with E-state index in [9.17, 15) is 23.1 Å². The lowest BCUT2D eigenvalue weighted by molar-refractivity contribution is -0.150. The van der Waals surface area contributed by atoms with Crippen LogP contribution in [0.15, 0.2) is 12.4 Å². The number of aliphatic hydroxyl groups is 1. The van der Waals surface area contributed by atoms with E-state index < -0.39 is 24.1 Å². The molecule has 1 atom stereocenters. The zero-order valence-corrected chi connectivity index (χ0v) is 8.02. The number of carbonyl (C=O) groups is 1. The third-order valence-electron chi connectivity index (χ3n) is 1.67. The topological polar surface area (TPSA) is 72.3 Å². The van der Waals surface area contributed by atoms with Crippen molar-refractivity contribution in [3.8, 4) is 0 Å². The van der Waals surface area contributed by atoms with Crippen LogP contribution in [-0.2, 0) is 15.7 Å². The van der Waals surface area contributed by atoms with Crippen molar-refractivity contribution in [1.29, 1.82) is 0 Å². The molecule has 1 rings (SSSR count). The van der Waals surface area contributed by atoms with Gasteiger partial charge >= 0.3 is 12.1 Å². The van der Waals surface area contributed by atoms with Crippen LogP contribution in [0.4, 0.5) is 13.2 Å². The fourth-order valence-electron chi connectivity index (χ4n) is 0.873. The molecule has 0 amide bonds. The average Bonchev–Trinajstić information content (AvgIpc) is 2.26. The first-order valence-electron chi connectivity index (χ1n) is 4.01. The molecule has 0 saturated heterocycles. The second-order valence-corrected chi connectivity index (χ2v) is 2.76. The Morgan fingerprint density at radius 2 is 1.94 bits per heavy atom. The van der Waals surface area contributed by atoms with E-state index in [0.717, 1.165) is 19.5 Å². The molecule has 0 aromatic carbocycles. The van der Waals surface area contributed by atoms with Gasteiger partial charge in [0.05, 0.1) is 7.11 Å². The maximum atomic E-state index is 12.1. The summed E-state index contributed by atoms with van der Waals surface area (Å²) in [6, 6.07) is 0. The van der Waals surface area contributed by atoms with Crippen molar-refractivity contribution in [3.63, 3.8) is 0 Å². The van der Waals surface area contributed by atoms with Gasteiger partial charge < -0.3 is 9.84 Å². The predicted octanol–water partition coefficient (Wildman–Crippen LogP) is 0.702. The van der Waals surface area contributed by atoms with Crippen LogP contribution in [0.3, 0.4) is 0 Å². The number of hydrogen-bond donors (Lipinski definition) is 1. The predicted molar refractivity (Wildman–Crippen MR) is 44.0 cm³/mol. The van der Waals surface area contributed by atoms with Gasteiger partial charge in [0.1, 0.15) is 0 Å². The van der Waals surface area contributed by atoms with Crippen molar-refractivity contribution in [2.24, 2.45) is 0 Å². The number of hydrogen-bond acceptors (Lipinski definition) is 5. The van der Waals surface area contributed by atoms with E-state index in [1.807, 2.05) is 0 Å². The Kier molecular flexibility index (Phi) is 3.43. The molecule has 0 radical (unpaired) electrons. The average molecular weight is 236 g/mol. The van der Waals surface area contributed by atoms with Crippen LogP contribution in [0.5, 0.6) is 0 Å². The first-order valence-corrected chi connectivity index (χ1v) is 4.01. The van der Waals surface area contributed by atoms with E-state index >= 15 is 0 Å². The Labute approximate surface area is 87.9 Å². The molecular weight excluding hydrogens is 229 g/mol. The van der Waals surface area contributed by atoms with E-state index in [2.05, 4.69) is 14.7 Å². The van der Waals surface area contributed by atoms with Crippen molar-refractivity contribution >= 4 is 5.97 Å². The quantitative estimate of drug-likeness (QED) is 0.765. The lowest BCUT2D eigenvalue weighted by atomic mass is 10.2. The van der Waals surface area contributed by atoms with Crippen molar-refractivity contribution in [2.45, 2.75) is 12.3 Å². The minimum atomic E-state index is -4.66. The number of aromatic nitrogens is 2. The largest absolute Gasteiger partial charge is 0.467 e. The van der Waals surface area contributed by atoms with Crippen molar-refractivity contribution in [2.75, 3.05) is 7.11 Å². The number of carbonyl (C=O) groups excluding carboxylic acids is 1. The highest BCUT2D eigenvalue weighted by Gasteiger charge is 2.34. The molecule has 0 saturated carbocycles. The second kappa shape index (κ2) is 4.44. The van der Waals surface area contributed by atoms with Gasteiger partial charge in [-0.25, -0.2) is 14.8 Å². The molecule has 0 aliphatic carbocycles. The zero-order chi connectivity index (χ0) is 12.3. The lowest BCUT2D eigenvalue weighted by Crippen LogP contribution is -2.16. The van der Waals surface area contributed by atoms with Gasteiger partial charge in [-0.1, -0.05) is 0 Å². The summed E-state index contributed by atoms with van der Waals surface area (Å²) in [5, 5.41) is 9.25. The Balaban J connectivity index is 2.91. The first kappa shape index (κ1) is 12.4. The smallest absolute Gasteiger partial charge is 0.451 e. The second-order valence-electron chi connectivity index (χ2n) is 2.76. The van der Waals surface area contributed by atoms with Gasteiger partial charge in [-0.05, 0) is 0 Å². The third-order valence-corrected chi connectivity index (χ3v) is 1.67. The van der Waals surface area contributed by atoms with Crippen molar-refractivity contribution in [1.82, 2.24) is 9.97 Å². The van der Waals surface area contributed by atoms with Gasteiger partial charge in [0, 0.05) is 18.0 Å². The number of rotatable bonds is 2. The van der Waals surface area contributed by atoms with Gasteiger partial charge in [-0.3, -0.25) is 0 Å². The zero-order valence-electron chi connectivity index (χ0n) is 8.02. The Hall–Kier alpha value is -1.70. The van der Waals surface area contributed by atoms with Crippen molar-refractivity contribution in [3.05, 3.63) is 23.8 Å². The standard InChI is InChI=1S/C8H7F3N2O3/c1-16-6(15)5(14)4-2-12-7(13-3-4)8(9,10)11/h2-3,5,14H,1H3. The maximum Gasteiger partial charge on any atom is 0.451 e. The van der Waals surface area contributed by atoms with Gasteiger partial charge in [0.25, 0.3) is 0 Å². The summed E-state index contributed by atoms with van der Waals surface area (Å²) in [6.07, 6.45) is -4.91. The molecule has 0 spiro atoms. The van der Waals surface area contributed by atoms with Gasteiger partial charge in [-0.2, -0.15) is 13.2 Å². The van der Waals surface area contributed by atoms with E-state index in [1.54, 1.807) is 0 Å². The van der Waals surface area contributed by atoms with Gasteiger partial charge in [0.15, 0.2) is 6.10 Å². The number of methoxy groups -OCH3 is 1. The highest BCUT2D eigenvalue weighted by atomic mass is 19.4. The fourth-order valence-corrected chi connectivity index (χ4v) is 0.873. The third kappa shape index (κ3) is 2.66. The normalized spacial score (nSPS) is 13.3. The molecule has 1 unspecified atom stereocenters. The summed E-state index contributed by atoms with van der Waals surface area (Å²) < 4.78 is 40.4. The molecule has 0 aliphatic heterocycles. The summed E-state index contributed by atoms with van der Waals surface area (Å²) in [6.45, 7) is 0. The molecule has 0 fully saturated rings. The molecule has 1 N–H and O–H groups in total. The minimum Gasteiger partial charge on any atom is -0.467 e. The minimum absolute atomic E-state index is 0.167. The SMILES string of the molecule is COC(=O)C(O)c1cnc(C(F)(F)F)nc1. The van der Waals surface area contributed by atoms with Crippen LogP contribution in [-0.4, -0.2) is 28.2 Å². The molecule has 88 valence electrons. The summed E-state index contributed by atoms with van der Waals surface area (Å²) in [5.74, 6) is -2.34. The molecule has 1 aromatic rings. The van der Waals surface area contributed by atoms with Crippen LogP contribution in [0.2, 0.25) is 0 Å². The Bertz CT molecular complexity index is 377. The number of esters is 1. The molecular formula is C8H7F3N2O3. The lowest BCUT2D eigenvalue weighted by Gasteiger charge is -2.09. The fraction of sp³-hybridized carbons (Fsp3) is 0.375. The molecule has 0 aliphatic rings. The van der Waals surface area contributed by atoms with Crippen molar-refractivity contribution < 1.29 is 27.8 Å². The summed E-state index contributed by atoms with van der Waals surface area (Å²) in [5.41, 5.74) is -0.167. The van der Waals surface area contributed by atoms with Crippen LogP contribution < -0.4 is 0 Å². The molecule has 8 heteroatoms. The highest BCUT2D eigenvalue weighted by molar-refractivity contribution is 5.75. The molecule has 1 heterocycles. The van der Waals surface area contributed by atoms with E-state index in [-0.39, 0.29) is 5.56 Å². The van der Waals surface area contributed by atoms with E-state index in [4.69, 9.17) is 0 Å². The first-order chi connectivity index (χ1) is 7.36. The molecule has 5 nitrogen and oxygen atoms in total. The Morgan fingerprint density at radius 3 is 2.31 bits per heavy atom. The van der Waals surface area contributed by atoms with Gasteiger partial charge in [-0.15, -0.1) is 0 Å².